The molecule has 2 N–H and O–H groups in total. The van der Waals surface area contributed by atoms with E-state index in [9.17, 15) is 4.79 Å². The molecule has 0 spiro atoms. The van der Waals surface area contributed by atoms with E-state index in [0.29, 0.717) is 38.7 Å². The fraction of sp³-hybridized carbons (Fsp3) is 0.556. The Morgan fingerprint density at radius 3 is 2.28 bits per heavy atom. The maximum atomic E-state index is 12.1. The number of piperazine rings is 1. The highest BCUT2D eigenvalue weighted by atomic mass is 35.5. The lowest BCUT2D eigenvalue weighted by Gasteiger charge is -2.36. The van der Waals surface area contributed by atoms with E-state index in [1.165, 1.54) is 5.56 Å². The van der Waals surface area contributed by atoms with Gasteiger partial charge in [-0.25, -0.2) is 4.79 Å². The number of guanidine groups is 1. The number of hydrogen-bond acceptors (Lipinski definition) is 3. The molecule has 1 aromatic rings. The summed E-state index contributed by atoms with van der Waals surface area (Å²) in [4.78, 5) is 20.2. The Labute approximate surface area is 154 Å². The smallest absolute Gasteiger partial charge is 0.410 e. The van der Waals surface area contributed by atoms with Gasteiger partial charge < -0.3 is 20.3 Å². The highest BCUT2D eigenvalue weighted by molar-refractivity contribution is 6.30. The lowest BCUT2D eigenvalue weighted by Crippen LogP contribution is -2.53. The minimum Gasteiger partial charge on any atom is -0.444 e. The van der Waals surface area contributed by atoms with Crippen LogP contribution in [0.5, 0.6) is 0 Å². The Morgan fingerprint density at radius 2 is 1.72 bits per heavy atom. The van der Waals surface area contributed by atoms with Crippen LogP contribution in [0.3, 0.4) is 0 Å². The van der Waals surface area contributed by atoms with Crippen LogP contribution in [-0.2, 0) is 11.2 Å². The fourth-order valence-electron chi connectivity index (χ4n) is 2.50. The summed E-state index contributed by atoms with van der Waals surface area (Å²) < 4.78 is 5.39. The first-order valence-electron chi connectivity index (χ1n) is 8.52. The molecule has 0 aromatic heterocycles. The Bertz CT molecular complexity index is 602. The number of nitrogens with zero attached hydrogens (tertiary/aromatic N) is 3. The SMILES string of the molecule is CC(C)(C)OC(=O)N1CCN(C(N)=NCCc2ccc(Cl)cc2)CC1. The van der Waals surface area contributed by atoms with Crippen molar-refractivity contribution < 1.29 is 9.53 Å². The van der Waals surface area contributed by atoms with Crippen LogP contribution in [0, 0.1) is 0 Å². The molecule has 0 radical (unpaired) electrons. The Hall–Kier alpha value is -1.95. The molecule has 7 heteroatoms. The number of rotatable bonds is 3. The molecule has 1 saturated heterocycles. The summed E-state index contributed by atoms with van der Waals surface area (Å²) in [6, 6.07) is 7.74. The van der Waals surface area contributed by atoms with Gasteiger partial charge in [-0.05, 0) is 44.9 Å². The number of amides is 1. The molecule has 2 rings (SSSR count). The summed E-state index contributed by atoms with van der Waals surface area (Å²) in [5.41, 5.74) is 6.78. The third-order valence-corrected chi connectivity index (χ3v) is 4.09. The van der Waals surface area contributed by atoms with Crippen LogP contribution in [0.4, 0.5) is 4.79 Å². The van der Waals surface area contributed by atoms with E-state index >= 15 is 0 Å². The van der Waals surface area contributed by atoms with E-state index < -0.39 is 5.60 Å². The molecule has 0 atom stereocenters. The van der Waals surface area contributed by atoms with Crippen molar-refractivity contribution in [3.63, 3.8) is 0 Å². The van der Waals surface area contributed by atoms with Crippen LogP contribution in [0.25, 0.3) is 0 Å². The molecular formula is C18H27ClN4O2. The first-order chi connectivity index (χ1) is 11.7. The minimum atomic E-state index is -0.476. The van der Waals surface area contributed by atoms with E-state index in [2.05, 4.69) is 4.99 Å². The average Bonchev–Trinajstić information content (AvgIpc) is 2.55. The van der Waals surface area contributed by atoms with Crippen molar-refractivity contribution in [2.45, 2.75) is 32.8 Å². The van der Waals surface area contributed by atoms with E-state index in [4.69, 9.17) is 22.1 Å². The number of carbonyl (C=O) groups is 1. The lowest BCUT2D eigenvalue weighted by molar-refractivity contribution is 0.0186. The van der Waals surface area contributed by atoms with E-state index in [-0.39, 0.29) is 6.09 Å². The molecule has 6 nitrogen and oxygen atoms in total. The van der Waals surface area contributed by atoms with Gasteiger partial charge in [-0.15, -0.1) is 0 Å². The van der Waals surface area contributed by atoms with Gasteiger partial charge in [0.2, 0.25) is 0 Å². The molecule has 1 aliphatic rings. The third kappa shape index (κ3) is 6.46. The quantitative estimate of drug-likeness (QED) is 0.659. The first kappa shape index (κ1) is 19.4. The monoisotopic (exact) mass is 366 g/mol. The van der Waals surface area contributed by atoms with Gasteiger partial charge >= 0.3 is 6.09 Å². The molecule has 25 heavy (non-hydrogen) atoms. The number of ether oxygens (including phenoxy) is 1. The molecule has 0 aliphatic carbocycles. The van der Waals surface area contributed by atoms with Crippen molar-refractivity contribution in [2.24, 2.45) is 10.7 Å². The Morgan fingerprint density at radius 1 is 1.16 bits per heavy atom. The van der Waals surface area contributed by atoms with Gasteiger partial charge in [0.25, 0.3) is 0 Å². The second-order valence-electron chi connectivity index (χ2n) is 7.07. The van der Waals surface area contributed by atoms with Gasteiger partial charge in [-0.3, -0.25) is 4.99 Å². The molecular weight excluding hydrogens is 340 g/mol. The largest absolute Gasteiger partial charge is 0.444 e. The van der Waals surface area contributed by atoms with Crippen molar-refractivity contribution in [2.75, 3.05) is 32.7 Å². The zero-order valence-corrected chi connectivity index (χ0v) is 15.9. The Balaban J connectivity index is 1.77. The van der Waals surface area contributed by atoms with Crippen molar-refractivity contribution in [3.05, 3.63) is 34.9 Å². The van der Waals surface area contributed by atoms with Crippen LogP contribution in [0.15, 0.2) is 29.3 Å². The predicted octanol–water partition coefficient (Wildman–Crippen LogP) is 2.75. The molecule has 138 valence electrons. The maximum absolute atomic E-state index is 12.1. The third-order valence-electron chi connectivity index (χ3n) is 3.84. The van der Waals surface area contributed by atoms with Crippen LogP contribution in [0.2, 0.25) is 5.02 Å². The highest BCUT2D eigenvalue weighted by Gasteiger charge is 2.26. The molecule has 1 heterocycles. The summed E-state index contributed by atoms with van der Waals surface area (Å²) >= 11 is 5.88. The zero-order valence-electron chi connectivity index (χ0n) is 15.2. The van der Waals surface area contributed by atoms with Crippen molar-refractivity contribution in [1.29, 1.82) is 0 Å². The number of benzene rings is 1. The second-order valence-corrected chi connectivity index (χ2v) is 7.51. The number of nitrogens with two attached hydrogens (primary N) is 1. The normalized spacial score (nSPS) is 16.1. The number of halogens is 1. The van der Waals surface area contributed by atoms with Crippen LogP contribution < -0.4 is 5.73 Å². The number of carbonyl (C=O) groups excluding carboxylic acids is 1. The predicted molar refractivity (Wildman–Crippen MR) is 101 cm³/mol. The highest BCUT2D eigenvalue weighted by Crippen LogP contribution is 2.12. The molecule has 0 bridgehead atoms. The summed E-state index contributed by atoms with van der Waals surface area (Å²) in [6.07, 6.45) is 0.542. The van der Waals surface area contributed by atoms with Gasteiger partial charge in [0.15, 0.2) is 5.96 Å². The standard InChI is InChI=1S/C18H27ClN4O2/c1-18(2,3)25-17(24)23-12-10-22(11-13-23)16(20)21-9-8-14-4-6-15(19)7-5-14/h4-7H,8-13H2,1-3H3,(H2,20,21). The number of aliphatic imine (C=N–C) groups is 1. The Kier molecular flexibility index (Phi) is 6.53. The van der Waals surface area contributed by atoms with Crippen LogP contribution in [0.1, 0.15) is 26.3 Å². The van der Waals surface area contributed by atoms with Gasteiger partial charge in [0.1, 0.15) is 5.60 Å². The molecule has 0 unspecified atom stereocenters. The van der Waals surface area contributed by atoms with E-state index in [1.807, 2.05) is 49.9 Å². The maximum Gasteiger partial charge on any atom is 0.410 e. The number of hydrogen-bond donors (Lipinski definition) is 1. The van der Waals surface area contributed by atoms with Crippen LogP contribution >= 0.6 is 11.6 Å². The van der Waals surface area contributed by atoms with Crippen molar-refractivity contribution in [1.82, 2.24) is 9.80 Å². The first-order valence-corrected chi connectivity index (χ1v) is 8.89. The topological polar surface area (TPSA) is 71.2 Å². The molecule has 1 aliphatic heterocycles. The van der Waals surface area contributed by atoms with Gasteiger partial charge in [-0.1, -0.05) is 23.7 Å². The summed E-state index contributed by atoms with van der Waals surface area (Å²) in [6.45, 7) is 8.72. The van der Waals surface area contributed by atoms with Crippen LogP contribution in [-0.4, -0.2) is 60.2 Å². The summed E-state index contributed by atoms with van der Waals surface area (Å²) in [7, 11) is 0. The fourth-order valence-corrected chi connectivity index (χ4v) is 2.62. The molecule has 1 amide bonds. The van der Waals surface area contributed by atoms with Gasteiger partial charge in [0.05, 0.1) is 0 Å². The lowest BCUT2D eigenvalue weighted by atomic mass is 10.1. The second kappa shape index (κ2) is 8.43. The zero-order chi connectivity index (χ0) is 18.4. The molecule has 1 fully saturated rings. The van der Waals surface area contributed by atoms with E-state index in [1.54, 1.807) is 4.90 Å². The van der Waals surface area contributed by atoms with Gasteiger partial charge in [0, 0.05) is 37.7 Å². The average molecular weight is 367 g/mol. The van der Waals surface area contributed by atoms with E-state index in [0.717, 1.165) is 11.4 Å². The minimum absolute atomic E-state index is 0.273. The summed E-state index contributed by atoms with van der Waals surface area (Å²) in [5.74, 6) is 0.526. The molecule has 0 saturated carbocycles. The molecule has 1 aromatic carbocycles. The van der Waals surface area contributed by atoms with Crippen molar-refractivity contribution >= 4 is 23.7 Å². The van der Waals surface area contributed by atoms with Gasteiger partial charge in [-0.2, -0.15) is 0 Å². The summed E-state index contributed by atoms with van der Waals surface area (Å²) in [5, 5.41) is 0.731. The van der Waals surface area contributed by atoms with Crippen molar-refractivity contribution in [3.8, 4) is 0 Å².